The van der Waals surface area contributed by atoms with E-state index < -0.39 is 17.2 Å². The van der Waals surface area contributed by atoms with Crippen LogP contribution in [0.5, 0.6) is 0 Å². The van der Waals surface area contributed by atoms with Crippen LogP contribution in [0.25, 0.3) is 0 Å². The number of hydrogen-bond donors (Lipinski definition) is 1. The Labute approximate surface area is 105 Å². The fourth-order valence-electron chi connectivity index (χ4n) is 2.11. The first kappa shape index (κ1) is 14.0. The van der Waals surface area contributed by atoms with Gasteiger partial charge in [-0.15, -0.1) is 0 Å². The van der Waals surface area contributed by atoms with Gasteiger partial charge >= 0.3 is 5.97 Å². The lowest BCUT2D eigenvalue weighted by Crippen LogP contribution is -2.25. The van der Waals surface area contributed by atoms with Crippen LogP contribution in [0.15, 0.2) is 6.07 Å². The molecule has 0 saturated heterocycles. The quantitative estimate of drug-likeness (QED) is 0.894. The Bertz CT molecular complexity index is 441. The van der Waals surface area contributed by atoms with Crippen molar-refractivity contribution in [3.8, 4) is 0 Å². The monoisotopic (exact) mass is 258 g/mol. The maximum atomic E-state index is 14.1. The zero-order chi connectivity index (χ0) is 13.4. The highest BCUT2D eigenvalue weighted by molar-refractivity contribution is 6.30. The van der Waals surface area contributed by atoms with Crippen LogP contribution in [0.4, 0.5) is 4.39 Å². The second-order valence-electron chi connectivity index (χ2n) is 4.94. The summed E-state index contributed by atoms with van der Waals surface area (Å²) < 4.78 is 14.1. The summed E-state index contributed by atoms with van der Waals surface area (Å²) in [6.07, 6.45) is -0.134. The van der Waals surface area contributed by atoms with Crippen LogP contribution in [0.1, 0.15) is 37.0 Å². The van der Waals surface area contributed by atoms with E-state index in [2.05, 4.69) is 0 Å². The van der Waals surface area contributed by atoms with Gasteiger partial charge in [0.2, 0.25) is 0 Å². The summed E-state index contributed by atoms with van der Waals surface area (Å²) in [6.45, 7) is 7.04. The molecule has 0 spiro atoms. The third-order valence-corrected chi connectivity index (χ3v) is 3.28. The molecule has 0 bridgehead atoms. The molecule has 0 radical (unpaired) electrons. The van der Waals surface area contributed by atoms with E-state index in [4.69, 9.17) is 16.7 Å². The van der Waals surface area contributed by atoms with Gasteiger partial charge < -0.3 is 5.11 Å². The lowest BCUT2D eigenvalue weighted by atomic mass is 9.78. The van der Waals surface area contributed by atoms with Crippen molar-refractivity contribution in [3.63, 3.8) is 0 Å². The van der Waals surface area contributed by atoms with E-state index in [1.165, 1.54) is 0 Å². The SMILES string of the molecule is Cc1cc(Cl)c(F)c(C(C)(C)CC(=O)O)c1C. The molecule has 1 aromatic rings. The van der Waals surface area contributed by atoms with Crippen molar-refractivity contribution in [1.82, 2.24) is 0 Å². The predicted octanol–water partition coefficient (Wildman–Crippen LogP) is 3.85. The summed E-state index contributed by atoms with van der Waals surface area (Å²) in [5.41, 5.74) is 1.24. The van der Waals surface area contributed by atoms with Crippen LogP contribution in [0.3, 0.4) is 0 Å². The molecule has 1 N–H and O–H groups in total. The highest BCUT2D eigenvalue weighted by atomic mass is 35.5. The van der Waals surface area contributed by atoms with Crippen LogP contribution >= 0.6 is 11.6 Å². The number of benzene rings is 1. The van der Waals surface area contributed by atoms with Crippen molar-refractivity contribution in [2.75, 3.05) is 0 Å². The summed E-state index contributed by atoms with van der Waals surface area (Å²) in [5, 5.41) is 8.92. The van der Waals surface area contributed by atoms with Crippen LogP contribution in [-0.2, 0) is 10.2 Å². The average Bonchev–Trinajstić information content (AvgIpc) is 2.12. The van der Waals surface area contributed by atoms with Crippen LogP contribution < -0.4 is 0 Å². The molecule has 1 aromatic carbocycles. The summed E-state index contributed by atoms with van der Waals surface area (Å²) in [4.78, 5) is 10.8. The third-order valence-electron chi connectivity index (χ3n) is 3.01. The molecule has 0 aliphatic carbocycles. The van der Waals surface area contributed by atoms with Gasteiger partial charge in [0.25, 0.3) is 0 Å². The minimum Gasteiger partial charge on any atom is -0.481 e. The van der Waals surface area contributed by atoms with Crippen molar-refractivity contribution in [3.05, 3.63) is 33.6 Å². The highest BCUT2D eigenvalue weighted by Crippen LogP contribution is 2.36. The molecule has 1 rings (SSSR count). The first-order valence-electron chi connectivity index (χ1n) is 5.34. The molecule has 0 aliphatic heterocycles. The number of carboxylic acid groups (broad SMARTS) is 1. The second kappa shape index (κ2) is 4.65. The Hall–Kier alpha value is -1.09. The standard InChI is InChI=1S/C13H16ClFO2/c1-7-5-9(14)12(15)11(8(7)2)13(3,4)6-10(16)17/h5H,6H2,1-4H3,(H,16,17). The molecule has 0 unspecified atom stereocenters. The Kier molecular flexibility index (Phi) is 3.82. The first-order valence-corrected chi connectivity index (χ1v) is 5.72. The maximum Gasteiger partial charge on any atom is 0.304 e. The number of aryl methyl sites for hydroxylation is 1. The minimum atomic E-state index is -0.952. The van der Waals surface area contributed by atoms with E-state index in [9.17, 15) is 9.18 Å². The fourth-order valence-corrected chi connectivity index (χ4v) is 2.37. The lowest BCUT2D eigenvalue weighted by Gasteiger charge is -2.27. The molecule has 4 heteroatoms. The molecule has 0 amide bonds. The number of hydrogen-bond acceptors (Lipinski definition) is 1. The zero-order valence-electron chi connectivity index (χ0n) is 10.4. The predicted molar refractivity (Wildman–Crippen MR) is 66.2 cm³/mol. The van der Waals surface area contributed by atoms with Gasteiger partial charge in [-0.05, 0) is 36.6 Å². The highest BCUT2D eigenvalue weighted by Gasteiger charge is 2.30. The van der Waals surface area contributed by atoms with Crippen molar-refractivity contribution in [1.29, 1.82) is 0 Å². The minimum absolute atomic E-state index is 0.0431. The van der Waals surface area contributed by atoms with Gasteiger partial charge in [0.15, 0.2) is 0 Å². The number of rotatable bonds is 3. The Morgan fingerprint density at radius 1 is 1.47 bits per heavy atom. The number of carboxylic acids is 1. The molecule has 17 heavy (non-hydrogen) atoms. The molecule has 0 aromatic heterocycles. The zero-order valence-corrected chi connectivity index (χ0v) is 11.2. The van der Waals surface area contributed by atoms with Gasteiger partial charge in [-0.25, -0.2) is 4.39 Å². The van der Waals surface area contributed by atoms with Gasteiger partial charge in [0.05, 0.1) is 11.4 Å². The molecule has 0 fully saturated rings. The van der Waals surface area contributed by atoms with Gasteiger partial charge in [0, 0.05) is 5.41 Å². The normalized spacial score (nSPS) is 11.6. The Morgan fingerprint density at radius 2 is 2.00 bits per heavy atom. The molecular weight excluding hydrogens is 243 g/mol. The molecule has 94 valence electrons. The lowest BCUT2D eigenvalue weighted by molar-refractivity contribution is -0.138. The summed E-state index contributed by atoms with van der Waals surface area (Å²) in [6, 6.07) is 1.56. The van der Waals surface area contributed by atoms with Gasteiger partial charge in [-0.2, -0.15) is 0 Å². The molecule has 0 aliphatic rings. The van der Waals surface area contributed by atoms with Crippen molar-refractivity contribution in [2.24, 2.45) is 0 Å². The second-order valence-corrected chi connectivity index (χ2v) is 5.35. The van der Waals surface area contributed by atoms with Crippen LogP contribution in [-0.4, -0.2) is 11.1 Å². The van der Waals surface area contributed by atoms with E-state index in [0.717, 1.165) is 11.1 Å². The molecule has 2 nitrogen and oxygen atoms in total. The molecule has 0 heterocycles. The van der Waals surface area contributed by atoms with E-state index in [1.807, 2.05) is 6.92 Å². The molecule has 0 saturated carbocycles. The van der Waals surface area contributed by atoms with Crippen LogP contribution in [0, 0.1) is 19.7 Å². The largest absolute Gasteiger partial charge is 0.481 e. The maximum absolute atomic E-state index is 14.1. The summed E-state index contributed by atoms with van der Waals surface area (Å²) >= 11 is 5.81. The van der Waals surface area contributed by atoms with E-state index in [0.29, 0.717) is 5.56 Å². The topological polar surface area (TPSA) is 37.3 Å². The van der Waals surface area contributed by atoms with Crippen molar-refractivity contribution in [2.45, 2.75) is 39.5 Å². The van der Waals surface area contributed by atoms with Gasteiger partial charge in [0.1, 0.15) is 5.82 Å². The Balaban J connectivity index is 3.44. The van der Waals surface area contributed by atoms with Crippen molar-refractivity contribution < 1.29 is 14.3 Å². The number of halogens is 2. The molecular formula is C13H16ClFO2. The molecule has 0 atom stereocenters. The van der Waals surface area contributed by atoms with Crippen molar-refractivity contribution >= 4 is 17.6 Å². The number of aliphatic carboxylic acids is 1. The fraction of sp³-hybridized carbons (Fsp3) is 0.462. The van der Waals surface area contributed by atoms with Gasteiger partial charge in [-0.1, -0.05) is 25.4 Å². The summed E-state index contributed by atoms with van der Waals surface area (Å²) in [5.74, 6) is -1.47. The van der Waals surface area contributed by atoms with E-state index >= 15 is 0 Å². The Morgan fingerprint density at radius 3 is 2.47 bits per heavy atom. The summed E-state index contributed by atoms with van der Waals surface area (Å²) in [7, 11) is 0. The third kappa shape index (κ3) is 2.78. The van der Waals surface area contributed by atoms with E-state index in [-0.39, 0.29) is 11.4 Å². The van der Waals surface area contributed by atoms with Crippen LogP contribution in [0.2, 0.25) is 5.02 Å². The van der Waals surface area contributed by atoms with E-state index in [1.54, 1.807) is 26.8 Å². The smallest absolute Gasteiger partial charge is 0.304 e. The average molecular weight is 259 g/mol. The first-order chi connectivity index (χ1) is 7.66. The van der Waals surface area contributed by atoms with Gasteiger partial charge in [-0.3, -0.25) is 4.79 Å². The number of carbonyl (C=O) groups is 1.